The number of nitrogens with one attached hydrogen (secondary N) is 1. The van der Waals surface area contributed by atoms with Crippen molar-refractivity contribution < 1.29 is 14.5 Å². The van der Waals surface area contributed by atoms with Crippen LogP contribution in [0.3, 0.4) is 0 Å². The van der Waals surface area contributed by atoms with E-state index < -0.39 is 10.8 Å². The van der Waals surface area contributed by atoms with Gasteiger partial charge in [-0.25, -0.2) is 0 Å². The monoisotopic (exact) mass is 396 g/mol. The number of benzene rings is 2. The molecule has 2 aromatic carbocycles. The Morgan fingerprint density at radius 3 is 2.41 bits per heavy atom. The number of rotatable bonds is 6. The van der Waals surface area contributed by atoms with E-state index in [9.17, 15) is 19.7 Å². The fourth-order valence-electron chi connectivity index (χ4n) is 3.37. The summed E-state index contributed by atoms with van der Waals surface area (Å²) in [6, 6.07) is 11.8. The molecule has 0 unspecified atom stereocenters. The highest BCUT2D eigenvalue weighted by Crippen LogP contribution is 2.31. The molecule has 0 bridgehead atoms. The molecule has 1 aliphatic heterocycles. The highest BCUT2D eigenvalue weighted by atomic mass is 16.6. The molecule has 0 radical (unpaired) electrons. The molecule has 3 rings (SSSR count). The number of carbonyl (C=O) groups is 2. The van der Waals surface area contributed by atoms with Crippen LogP contribution in [0.5, 0.6) is 0 Å². The van der Waals surface area contributed by atoms with Crippen LogP contribution < -0.4 is 10.2 Å². The minimum absolute atomic E-state index is 0.0877. The van der Waals surface area contributed by atoms with Crippen LogP contribution in [-0.2, 0) is 4.79 Å². The zero-order valence-electron chi connectivity index (χ0n) is 16.6. The van der Waals surface area contributed by atoms with Crippen LogP contribution in [-0.4, -0.2) is 48.3 Å². The predicted octanol–water partition coefficient (Wildman–Crippen LogP) is 3.21. The number of nitro groups is 1. The largest absolute Gasteiger partial charge is 0.366 e. The average molecular weight is 396 g/mol. The average Bonchev–Trinajstić information content (AvgIpc) is 3.23. The van der Waals surface area contributed by atoms with Gasteiger partial charge in [0.1, 0.15) is 5.69 Å². The second-order valence-corrected chi connectivity index (χ2v) is 7.23. The molecule has 2 amide bonds. The van der Waals surface area contributed by atoms with Gasteiger partial charge in [-0.1, -0.05) is 17.7 Å². The van der Waals surface area contributed by atoms with E-state index in [1.54, 1.807) is 24.3 Å². The van der Waals surface area contributed by atoms with E-state index in [-0.39, 0.29) is 23.7 Å². The SMILES string of the molecule is Cc1ccc(NC(=O)CN(C)C(=O)c2ccc(N3CCCC3)c([N+](=O)[O-])c2)cc1. The summed E-state index contributed by atoms with van der Waals surface area (Å²) in [5.74, 6) is -0.784. The van der Waals surface area contributed by atoms with Crippen LogP contribution in [0, 0.1) is 17.0 Å². The molecule has 0 aliphatic carbocycles. The van der Waals surface area contributed by atoms with Crippen LogP contribution in [0.25, 0.3) is 0 Å². The standard InChI is InChI=1S/C21H24N4O4/c1-15-5-8-17(9-6-15)22-20(26)14-23(2)21(27)16-7-10-18(19(13-16)25(28)29)24-11-3-4-12-24/h5-10,13H,3-4,11-12,14H2,1-2H3,(H,22,26). The number of aryl methyl sites for hydroxylation is 1. The molecule has 0 spiro atoms. The molecule has 152 valence electrons. The molecule has 0 atom stereocenters. The maximum Gasteiger partial charge on any atom is 0.293 e. The molecule has 1 heterocycles. The third-order valence-electron chi connectivity index (χ3n) is 4.93. The van der Waals surface area contributed by atoms with Crippen LogP contribution >= 0.6 is 0 Å². The topological polar surface area (TPSA) is 95.8 Å². The van der Waals surface area contributed by atoms with Gasteiger partial charge in [-0.05, 0) is 44.0 Å². The summed E-state index contributed by atoms with van der Waals surface area (Å²) < 4.78 is 0. The lowest BCUT2D eigenvalue weighted by Crippen LogP contribution is -2.35. The maximum atomic E-state index is 12.7. The Morgan fingerprint density at radius 2 is 1.79 bits per heavy atom. The summed E-state index contributed by atoms with van der Waals surface area (Å²) >= 11 is 0. The van der Waals surface area contributed by atoms with Gasteiger partial charge < -0.3 is 15.1 Å². The third-order valence-corrected chi connectivity index (χ3v) is 4.93. The molecule has 1 saturated heterocycles. The highest BCUT2D eigenvalue weighted by molar-refractivity contribution is 6.00. The van der Waals surface area contributed by atoms with Crippen molar-refractivity contribution in [2.45, 2.75) is 19.8 Å². The first-order valence-electron chi connectivity index (χ1n) is 9.50. The quantitative estimate of drug-likeness (QED) is 0.597. The van der Waals surface area contributed by atoms with Crippen molar-refractivity contribution in [3.63, 3.8) is 0 Å². The van der Waals surface area contributed by atoms with Crippen molar-refractivity contribution in [3.8, 4) is 0 Å². The Morgan fingerprint density at radius 1 is 1.14 bits per heavy atom. The van der Waals surface area contributed by atoms with Gasteiger partial charge in [-0.2, -0.15) is 0 Å². The van der Waals surface area contributed by atoms with Crippen LogP contribution in [0.1, 0.15) is 28.8 Å². The molecule has 2 aromatic rings. The minimum atomic E-state index is -0.464. The van der Waals surface area contributed by atoms with Crippen molar-refractivity contribution in [1.82, 2.24) is 4.90 Å². The molecular formula is C21H24N4O4. The number of nitrogens with zero attached hydrogens (tertiary/aromatic N) is 3. The van der Waals surface area contributed by atoms with E-state index >= 15 is 0 Å². The number of hydrogen-bond acceptors (Lipinski definition) is 5. The zero-order valence-corrected chi connectivity index (χ0v) is 16.6. The van der Waals surface area contributed by atoms with Crippen molar-refractivity contribution in [1.29, 1.82) is 0 Å². The summed E-state index contributed by atoms with van der Waals surface area (Å²) in [7, 11) is 1.50. The summed E-state index contributed by atoms with van der Waals surface area (Å²) in [6.45, 7) is 3.33. The molecule has 8 heteroatoms. The van der Waals surface area contributed by atoms with E-state index in [1.807, 2.05) is 24.0 Å². The van der Waals surface area contributed by atoms with Gasteiger partial charge in [0, 0.05) is 37.5 Å². The van der Waals surface area contributed by atoms with Gasteiger partial charge in [0.25, 0.3) is 11.6 Å². The predicted molar refractivity (Wildman–Crippen MR) is 111 cm³/mol. The Bertz CT molecular complexity index is 921. The first-order chi connectivity index (χ1) is 13.8. The normalized spacial score (nSPS) is 13.2. The van der Waals surface area contributed by atoms with E-state index in [0.29, 0.717) is 11.4 Å². The van der Waals surface area contributed by atoms with Crippen molar-refractivity contribution >= 4 is 28.9 Å². The summed E-state index contributed by atoms with van der Waals surface area (Å²) in [5, 5.41) is 14.3. The molecule has 1 N–H and O–H groups in total. The number of amides is 2. The van der Waals surface area contributed by atoms with E-state index in [0.717, 1.165) is 31.5 Å². The van der Waals surface area contributed by atoms with Gasteiger partial charge in [0.05, 0.1) is 11.5 Å². The van der Waals surface area contributed by atoms with Crippen LogP contribution in [0.4, 0.5) is 17.1 Å². The maximum absolute atomic E-state index is 12.7. The first kappa shape index (κ1) is 20.3. The van der Waals surface area contributed by atoms with Crippen molar-refractivity contribution in [2.24, 2.45) is 0 Å². The number of likely N-dealkylation sites (N-methyl/N-ethyl adjacent to an activating group) is 1. The molecule has 0 saturated carbocycles. The molecular weight excluding hydrogens is 372 g/mol. The molecule has 8 nitrogen and oxygen atoms in total. The van der Waals surface area contributed by atoms with E-state index in [2.05, 4.69) is 5.32 Å². The van der Waals surface area contributed by atoms with Gasteiger partial charge in [-0.3, -0.25) is 19.7 Å². The minimum Gasteiger partial charge on any atom is -0.366 e. The van der Waals surface area contributed by atoms with Gasteiger partial charge in [0.15, 0.2) is 0 Å². The van der Waals surface area contributed by atoms with E-state index in [4.69, 9.17) is 0 Å². The molecule has 0 aromatic heterocycles. The second kappa shape index (κ2) is 8.72. The number of carbonyl (C=O) groups excluding carboxylic acids is 2. The highest BCUT2D eigenvalue weighted by Gasteiger charge is 2.25. The number of anilines is 2. The zero-order chi connectivity index (χ0) is 21.0. The lowest BCUT2D eigenvalue weighted by atomic mass is 10.1. The van der Waals surface area contributed by atoms with Crippen LogP contribution in [0.2, 0.25) is 0 Å². The lowest BCUT2D eigenvalue weighted by Gasteiger charge is -2.20. The van der Waals surface area contributed by atoms with Crippen molar-refractivity contribution in [2.75, 3.05) is 36.9 Å². The summed E-state index contributed by atoms with van der Waals surface area (Å²) in [6.07, 6.45) is 1.99. The Balaban J connectivity index is 1.69. The smallest absolute Gasteiger partial charge is 0.293 e. The van der Waals surface area contributed by atoms with Gasteiger partial charge >= 0.3 is 0 Å². The second-order valence-electron chi connectivity index (χ2n) is 7.23. The molecule has 29 heavy (non-hydrogen) atoms. The Hall–Kier alpha value is -3.42. The number of hydrogen-bond donors (Lipinski definition) is 1. The van der Waals surface area contributed by atoms with Gasteiger partial charge in [0.2, 0.25) is 5.91 Å². The van der Waals surface area contributed by atoms with Crippen LogP contribution in [0.15, 0.2) is 42.5 Å². The molecule has 1 aliphatic rings. The fourth-order valence-corrected chi connectivity index (χ4v) is 3.37. The summed E-state index contributed by atoms with van der Waals surface area (Å²) in [5.41, 5.74) is 2.35. The number of nitro benzene ring substituents is 1. The first-order valence-corrected chi connectivity index (χ1v) is 9.50. The van der Waals surface area contributed by atoms with E-state index in [1.165, 1.54) is 18.0 Å². The summed E-state index contributed by atoms with van der Waals surface area (Å²) in [4.78, 5) is 39.2. The third kappa shape index (κ3) is 4.90. The lowest BCUT2D eigenvalue weighted by molar-refractivity contribution is -0.384. The van der Waals surface area contributed by atoms with Gasteiger partial charge in [-0.15, -0.1) is 0 Å². The molecule has 1 fully saturated rings. The Kier molecular flexibility index (Phi) is 6.11. The van der Waals surface area contributed by atoms with Crippen molar-refractivity contribution in [3.05, 3.63) is 63.7 Å². The fraction of sp³-hybridized carbons (Fsp3) is 0.333. The Labute approximate surface area is 169 Å².